The summed E-state index contributed by atoms with van der Waals surface area (Å²) in [6, 6.07) is 1.82. The Morgan fingerprint density at radius 2 is 2.35 bits per heavy atom. The molecule has 0 amide bonds. The Balaban J connectivity index is 1.96. The monoisotopic (exact) mass is 348 g/mol. The molecule has 4 radical (unpaired) electrons. The Morgan fingerprint density at radius 1 is 1.61 bits per heavy atom. The van der Waals surface area contributed by atoms with Gasteiger partial charge < -0.3 is 20.8 Å². The summed E-state index contributed by atoms with van der Waals surface area (Å²) in [6.45, 7) is 1.02. The van der Waals surface area contributed by atoms with Crippen molar-refractivity contribution < 1.29 is 4.74 Å². The average Bonchev–Trinajstić information content (AvgIpc) is 2.88. The molecule has 120 valence electrons. The number of thiophene rings is 1. The summed E-state index contributed by atoms with van der Waals surface area (Å²) in [7, 11) is 14.1. The zero-order valence-electron chi connectivity index (χ0n) is 13.0. The van der Waals surface area contributed by atoms with Crippen LogP contribution < -0.4 is 16.9 Å². The first kappa shape index (κ1) is 17.2. The summed E-state index contributed by atoms with van der Waals surface area (Å²) in [5, 5.41) is 3.84. The van der Waals surface area contributed by atoms with Crippen LogP contribution in [0.3, 0.4) is 0 Å². The minimum atomic E-state index is -1.01. The molecule has 9 heteroatoms. The molecule has 1 aromatic heterocycles. The van der Waals surface area contributed by atoms with Gasteiger partial charge in [-0.1, -0.05) is 16.8 Å². The van der Waals surface area contributed by atoms with Gasteiger partial charge in [0.25, 0.3) is 0 Å². The van der Waals surface area contributed by atoms with Gasteiger partial charge in [-0.05, 0) is 24.6 Å². The third-order valence-corrected chi connectivity index (χ3v) is 5.86. The van der Waals surface area contributed by atoms with E-state index in [1.165, 1.54) is 16.3 Å². The van der Waals surface area contributed by atoms with E-state index in [2.05, 4.69) is 5.32 Å². The summed E-state index contributed by atoms with van der Waals surface area (Å²) in [6.07, 6.45) is 3.20. The largest absolute Gasteiger partial charge is 0.400 e. The molecule has 1 saturated heterocycles. The third-order valence-electron chi connectivity index (χ3n) is 4.41. The summed E-state index contributed by atoms with van der Waals surface area (Å²) in [5.74, 6) is 5.65. The maximum absolute atomic E-state index is 6.23. The quantitative estimate of drug-likeness (QED) is 0.412. The Labute approximate surface area is 148 Å². The van der Waals surface area contributed by atoms with Crippen LogP contribution in [-0.4, -0.2) is 46.9 Å². The summed E-state index contributed by atoms with van der Waals surface area (Å²) in [4.78, 5) is 1.01. The van der Waals surface area contributed by atoms with Gasteiger partial charge in [0, 0.05) is 36.8 Å². The number of nitrogens with one attached hydrogen (secondary N) is 1. The van der Waals surface area contributed by atoms with E-state index >= 15 is 0 Å². The number of fused-ring (bicyclic) bond motifs is 2. The summed E-state index contributed by atoms with van der Waals surface area (Å²) >= 11 is 7.71. The van der Waals surface area contributed by atoms with Crippen molar-refractivity contribution in [2.75, 3.05) is 20.2 Å². The van der Waals surface area contributed by atoms with E-state index in [1.54, 1.807) is 13.2 Å². The fourth-order valence-corrected chi connectivity index (χ4v) is 4.80. The maximum atomic E-state index is 6.23. The highest BCUT2D eigenvalue weighted by Gasteiger charge is 2.48. The number of hydrazine groups is 1. The van der Waals surface area contributed by atoms with Gasteiger partial charge >= 0.3 is 0 Å². The van der Waals surface area contributed by atoms with Crippen molar-refractivity contribution in [2.24, 2.45) is 11.6 Å². The number of piperidine rings is 1. The molecule has 2 atom stereocenters. The van der Waals surface area contributed by atoms with Gasteiger partial charge in [-0.15, -0.1) is 11.3 Å². The predicted octanol–water partition coefficient (Wildman–Crippen LogP) is 0.474. The lowest BCUT2D eigenvalue weighted by atomic mass is 9.50. The van der Waals surface area contributed by atoms with Crippen molar-refractivity contribution in [3.8, 4) is 0 Å². The molecule has 5 nitrogen and oxygen atoms in total. The molecular weight excluding hydrogens is 329 g/mol. The topological polar surface area (TPSA) is 76.5 Å². The number of rotatable bonds is 2. The van der Waals surface area contributed by atoms with Crippen molar-refractivity contribution in [2.45, 2.75) is 29.7 Å². The molecule has 1 fully saturated rings. The fourth-order valence-electron chi connectivity index (χ4n) is 3.30. The van der Waals surface area contributed by atoms with Crippen molar-refractivity contribution in [1.29, 1.82) is 0 Å². The molecule has 23 heavy (non-hydrogen) atoms. The molecule has 2 aliphatic rings. The van der Waals surface area contributed by atoms with E-state index in [0.717, 1.165) is 23.4 Å². The van der Waals surface area contributed by atoms with Gasteiger partial charge in [-0.3, -0.25) is 0 Å². The summed E-state index contributed by atoms with van der Waals surface area (Å²) < 4.78 is 6.85. The lowest BCUT2D eigenvalue weighted by Crippen LogP contribution is -2.54. The number of nitrogens with zero attached hydrogens (tertiary/aromatic N) is 1. The van der Waals surface area contributed by atoms with Crippen LogP contribution in [0.5, 0.6) is 0 Å². The second kappa shape index (κ2) is 6.01. The molecule has 1 aromatic rings. The Morgan fingerprint density at radius 3 is 3.04 bits per heavy atom. The van der Waals surface area contributed by atoms with Crippen LogP contribution in [0.2, 0.25) is 4.34 Å². The van der Waals surface area contributed by atoms with E-state index in [4.69, 9.17) is 43.6 Å². The van der Waals surface area contributed by atoms with Gasteiger partial charge in [0.05, 0.1) is 26.1 Å². The van der Waals surface area contributed by atoms with Gasteiger partial charge in [0.2, 0.25) is 0 Å². The first-order valence-electron chi connectivity index (χ1n) is 7.44. The Bertz CT molecular complexity index is 636. The highest BCUT2D eigenvalue weighted by molar-refractivity contribution is 7.16. The standard InChI is InChI=1S/C14H19B2ClN4OS/c1-21(19)6-9(18)10-5-13(2-3-20-10)12-8(4-11(17)23-12)14(15,16)7-22-13/h4,6,10,20H,2-3,5,7,18-19H2,1H3/b9-6-/t10-,13?/m0/s1. The first-order chi connectivity index (χ1) is 10.7. The maximum Gasteiger partial charge on any atom is 0.106 e. The molecular formula is C14H19B2ClN4OS. The minimum absolute atomic E-state index is 0.0356. The smallest absolute Gasteiger partial charge is 0.106 e. The lowest BCUT2D eigenvalue weighted by Gasteiger charge is -2.48. The van der Waals surface area contributed by atoms with Crippen molar-refractivity contribution in [3.63, 3.8) is 0 Å². The Hall–Kier alpha value is -0.660. The van der Waals surface area contributed by atoms with Gasteiger partial charge in [-0.2, -0.15) is 0 Å². The van der Waals surface area contributed by atoms with Crippen LogP contribution in [-0.2, 0) is 15.6 Å². The second-order valence-corrected chi connectivity index (χ2v) is 8.06. The molecule has 2 aliphatic heterocycles. The average molecular weight is 348 g/mol. The van der Waals surface area contributed by atoms with Crippen LogP contribution in [0.15, 0.2) is 18.0 Å². The number of ether oxygens (including phenoxy) is 1. The van der Waals surface area contributed by atoms with E-state index in [1.807, 2.05) is 6.07 Å². The van der Waals surface area contributed by atoms with E-state index < -0.39 is 10.8 Å². The SMILES string of the molecule is [B]C1([B])COC2(CCN[C@H](/C(N)=C/N(C)N)C2)c2sc(Cl)cc21. The zero-order valence-corrected chi connectivity index (χ0v) is 14.6. The molecule has 5 N–H and O–H groups in total. The normalized spacial score (nSPS) is 30.2. The van der Waals surface area contributed by atoms with Crippen molar-refractivity contribution in [3.05, 3.63) is 32.7 Å². The molecule has 0 bridgehead atoms. The Kier molecular flexibility index (Phi) is 4.48. The highest BCUT2D eigenvalue weighted by atomic mass is 35.5. The predicted molar refractivity (Wildman–Crippen MR) is 95.4 cm³/mol. The molecule has 0 saturated carbocycles. The van der Waals surface area contributed by atoms with Crippen LogP contribution in [0.25, 0.3) is 0 Å². The minimum Gasteiger partial charge on any atom is -0.400 e. The molecule has 3 heterocycles. The number of hydrogen-bond acceptors (Lipinski definition) is 6. The van der Waals surface area contributed by atoms with E-state index in [0.29, 0.717) is 16.5 Å². The molecule has 0 aromatic carbocycles. The van der Waals surface area contributed by atoms with Crippen LogP contribution in [0.1, 0.15) is 23.3 Å². The highest BCUT2D eigenvalue weighted by Crippen LogP contribution is 2.50. The van der Waals surface area contributed by atoms with Crippen LogP contribution >= 0.6 is 22.9 Å². The number of nitrogens with two attached hydrogens (primary N) is 2. The zero-order chi connectivity index (χ0) is 16.8. The van der Waals surface area contributed by atoms with Crippen molar-refractivity contribution in [1.82, 2.24) is 10.3 Å². The van der Waals surface area contributed by atoms with Crippen molar-refractivity contribution >= 4 is 38.6 Å². The van der Waals surface area contributed by atoms with Gasteiger partial charge in [0.1, 0.15) is 5.60 Å². The lowest BCUT2D eigenvalue weighted by molar-refractivity contribution is -0.0895. The van der Waals surface area contributed by atoms with Crippen LogP contribution in [0, 0.1) is 0 Å². The second-order valence-electron chi connectivity index (χ2n) is 6.37. The number of halogens is 1. The fraction of sp³-hybridized carbons (Fsp3) is 0.571. The summed E-state index contributed by atoms with van der Waals surface area (Å²) in [5.41, 5.74) is 7.24. The van der Waals surface area contributed by atoms with Gasteiger partial charge in [0.15, 0.2) is 0 Å². The first-order valence-corrected chi connectivity index (χ1v) is 8.63. The van der Waals surface area contributed by atoms with E-state index in [-0.39, 0.29) is 12.6 Å². The third kappa shape index (κ3) is 3.15. The molecule has 1 unspecified atom stereocenters. The van der Waals surface area contributed by atoms with Crippen LogP contribution in [0.4, 0.5) is 0 Å². The molecule has 0 aliphatic carbocycles. The van der Waals surface area contributed by atoms with E-state index in [9.17, 15) is 0 Å². The molecule has 1 spiro atoms. The number of hydrogen-bond donors (Lipinski definition) is 3. The molecule has 3 rings (SSSR count). The van der Waals surface area contributed by atoms with Gasteiger partial charge in [-0.25, -0.2) is 5.84 Å².